The van der Waals surface area contributed by atoms with Crippen molar-refractivity contribution >= 4 is 12.2 Å². The lowest BCUT2D eigenvalue weighted by Gasteiger charge is -2.12. The summed E-state index contributed by atoms with van der Waals surface area (Å²) in [6.07, 6.45) is 1.70. The summed E-state index contributed by atoms with van der Waals surface area (Å²) in [6.45, 7) is 6.37. The Labute approximate surface area is 107 Å². The Morgan fingerprint density at radius 2 is 1.94 bits per heavy atom. The topological polar surface area (TPSA) is 55.4 Å². The molecule has 0 fully saturated rings. The van der Waals surface area contributed by atoms with E-state index in [1.54, 1.807) is 12.1 Å². The minimum absolute atomic E-state index is 0.00210. The van der Waals surface area contributed by atoms with Crippen molar-refractivity contribution in [2.24, 2.45) is 0 Å². The molecule has 0 spiro atoms. The van der Waals surface area contributed by atoms with Crippen molar-refractivity contribution in [2.75, 3.05) is 13.2 Å². The van der Waals surface area contributed by atoms with Gasteiger partial charge in [0.05, 0.1) is 0 Å². The van der Waals surface area contributed by atoms with E-state index in [1.165, 1.54) is 0 Å². The predicted molar refractivity (Wildman–Crippen MR) is 70.1 cm³/mol. The van der Waals surface area contributed by atoms with Gasteiger partial charge in [0.15, 0.2) is 6.61 Å². The second kappa shape index (κ2) is 6.79. The SMILES string of the molecule is CCCNC(=O)COc1c(C)cc(C=O)cc1C. The number of amides is 1. The molecular weight excluding hydrogens is 230 g/mol. The number of aldehydes is 1. The molecule has 0 saturated carbocycles. The van der Waals surface area contributed by atoms with Crippen LogP contribution >= 0.6 is 0 Å². The largest absolute Gasteiger partial charge is 0.483 e. The van der Waals surface area contributed by atoms with Crippen molar-refractivity contribution in [3.63, 3.8) is 0 Å². The number of ether oxygens (including phenoxy) is 1. The average Bonchev–Trinajstić information content (AvgIpc) is 2.34. The van der Waals surface area contributed by atoms with Crippen LogP contribution in [0.3, 0.4) is 0 Å². The molecule has 1 N–H and O–H groups in total. The first kappa shape index (κ1) is 14.2. The van der Waals surface area contributed by atoms with Gasteiger partial charge in [0.1, 0.15) is 12.0 Å². The summed E-state index contributed by atoms with van der Waals surface area (Å²) >= 11 is 0. The third kappa shape index (κ3) is 3.87. The third-order valence-corrected chi connectivity index (χ3v) is 2.54. The van der Waals surface area contributed by atoms with Crippen molar-refractivity contribution < 1.29 is 14.3 Å². The molecule has 0 unspecified atom stereocenters. The molecule has 4 nitrogen and oxygen atoms in total. The number of benzene rings is 1. The quantitative estimate of drug-likeness (QED) is 0.785. The van der Waals surface area contributed by atoms with Crippen molar-refractivity contribution in [3.05, 3.63) is 28.8 Å². The van der Waals surface area contributed by atoms with Crippen LogP contribution in [0, 0.1) is 13.8 Å². The number of nitrogens with one attached hydrogen (secondary N) is 1. The van der Waals surface area contributed by atoms with Gasteiger partial charge in [-0.2, -0.15) is 0 Å². The minimum atomic E-state index is -0.130. The molecule has 1 amide bonds. The molecule has 98 valence electrons. The van der Waals surface area contributed by atoms with E-state index >= 15 is 0 Å². The van der Waals surface area contributed by atoms with Gasteiger partial charge in [0.25, 0.3) is 5.91 Å². The number of carbonyl (C=O) groups is 2. The molecule has 0 atom stereocenters. The van der Waals surface area contributed by atoms with E-state index < -0.39 is 0 Å². The highest BCUT2D eigenvalue weighted by atomic mass is 16.5. The molecule has 4 heteroatoms. The Bertz CT molecular complexity index is 418. The zero-order chi connectivity index (χ0) is 13.5. The van der Waals surface area contributed by atoms with Crippen molar-refractivity contribution in [1.29, 1.82) is 0 Å². The van der Waals surface area contributed by atoms with Crippen LogP contribution in [0.15, 0.2) is 12.1 Å². The Hall–Kier alpha value is -1.84. The van der Waals surface area contributed by atoms with Crippen molar-refractivity contribution in [2.45, 2.75) is 27.2 Å². The highest BCUT2D eigenvalue weighted by molar-refractivity contribution is 5.78. The number of rotatable bonds is 6. The van der Waals surface area contributed by atoms with Gasteiger partial charge in [-0.3, -0.25) is 9.59 Å². The molecule has 1 rings (SSSR count). The number of aryl methyl sites for hydroxylation is 2. The highest BCUT2D eigenvalue weighted by Gasteiger charge is 2.08. The van der Waals surface area contributed by atoms with Crippen LogP contribution in [0.5, 0.6) is 5.75 Å². The molecule has 18 heavy (non-hydrogen) atoms. The number of hydrogen-bond donors (Lipinski definition) is 1. The van der Waals surface area contributed by atoms with Crippen LogP contribution in [0.25, 0.3) is 0 Å². The summed E-state index contributed by atoms with van der Waals surface area (Å²) in [4.78, 5) is 22.1. The predicted octanol–water partition coefficient (Wildman–Crippen LogP) is 2.02. The Balaban J connectivity index is 2.67. The normalized spacial score (nSPS) is 9.94. The molecule has 0 aliphatic rings. The van der Waals surface area contributed by atoms with Crippen LogP contribution < -0.4 is 10.1 Å². The van der Waals surface area contributed by atoms with Gasteiger partial charge >= 0.3 is 0 Å². The molecule has 0 radical (unpaired) electrons. The Kier molecular flexibility index (Phi) is 5.36. The first-order valence-corrected chi connectivity index (χ1v) is 6.04. The smallest absolute Gasteiger partial charge is 0.257 e. The summed E-state index contributed by atoms with van der Waals surface area (Å²) in [5.41, 5.74) is 2.34. The Morgan fingerprint density at radius 3 is 2.44 bits per heavy atom. The fourth-order valence-electron chi connectivity index (χ4n) is 1.73. The van der Waals surface area contributed by atoms with Gasteiger partial charge in [0, 0.05) is 12.1 Å². The van der Waals surface area contributed by atoms with E-state index in [-0.39, 0.29) is 12.5 Å². The average molecular weight is 249 g/mol. The lowest BCUT2D eigenvalue weighted by atomic mass is 10.1. The monoisotopic (exact) mass is 249 g/mol. The van der Waals surface area contributed by atoms with Gasteiger partial charge < -0.3 is 10.1 Å². The molecular formula is C14H19NO3. The Morgan fingerprint density at radius 1 is 1.33 bits per heavy atom. The van der Waals surface area contributed by atoms with Crippen LogP contribution in [0.4, 0.5) is 0 Å². The molecule has 0 aromatic heterocycles. The number of carbonyl (C=O) groups excluding carboxylic acids is 2. The molecule has 1 aromatic carbocycles. The second-order valence-corrected chi connectivity index (χ2v) is 4.24. The summed E-state index contributed by atoms with van der Waals surface area (Å²) in [7, 11) is 0. The first-order valence-electron chi connectivity index (χ1n) is 6.04. The summed E-state index contributed by atoms with van der Waals surface area (Å²) < 4.78 is 5.50. The van der Waals surface area contributed by atoms with E-state index in [2.05, 4.69) is 5.32 Å². The maximum Gasteiger partial charge on any atom is 0.257 e. The van der Waals surface area contributed by atoms with Gasteiger partial charge in [-0.15, -0.1) is 0 Å². The molecule has 0 heterocycles. The molecule has 1 aromatic rings. The molecule has 0 saturated heterocycles. The molecule has 0 aliphatic heterocycles. The second-order valence-electron chi connectivity index (χ2n) is 4.24. The number of hydrogen-bond acceptors (Lipinski definition) is 3. The summed E-state index contributed by atoms with van der Waals surface area (Å²) in [6, 6.07) is 3.50. The van der Waals surface area contributed by atoms with Gasteiger partial charge in [-0.05, 0) is 43.5 Å². The highest BCUT2D eigenvalue weighted by Crippen LogP contribution is 2.24. The maximum absolute atomic E-state index is 11.4. The van der Waals surface area contributed by atoms with Crippen LogP contribution in [0.2, 0.25) is 0 Å². The van der Waals surface area contributed by atoms with Gasteiger partial charge in [0.2, 0.25) is 0 Å². The first-order chi connectivity index (χ1) is 8.58. The minimum Gasteiger partial charge on any atom is -0.483 e. The van der Waals surface area contributed by atoms with Crippen LogP contribution in [-0.4, -0.2) is 25.3 Å². The fraction of sp³-hybridized carbons (Fsp3) is 0.429. The van der Waals surface area contributed by atoms with E-state index in [0.717, 1.165) is 23.8 Å². The standard InChI is InChI=1S/C14H19NO3/c1-4-5-15-13(17)9-18-14-10(2)6-12(8-16)7-11(14)3/h6-8H,4-5,9H2,1-3H3,(H,15,17). The maximum atomic E-state index is 11.4. The van der Waals surface area contributed by atoms with E-state index in [1.807, 2.05) is 20.8 Å². The molecule has 0 aliphatic carbocycles. The molecule has 0 bridgehead atoms. The van der Waals surface area contributed by atoms with Crippen molar-refractivity contribution in [1.82, 2.24) is 5.32 Å². The zero-order valence-electron chi connectivity index (χ0n) is 11.1. The van der Waals surface area contributed by atoms with E-state index in [9.17, 15) is 9.59 Å². The van der Waals surface area contributed by atoms with Crippen LogP contribution in [0.1, 0.15) is 34.8 Å². The lowest BCUT2D eigenvalue weighted by Crippen LogP contribution is -2.29. The third-order valence-electron chi connectivity index (χ3n) is 2.54. The van der Waals surface area contributed by atoms with E-state index in [4.69, 9.17) is 4.74 Å². The summed E-state index contributed by atoms with van der Waals surface area (Å²) in [5.74, 6) is 0.544. The zero-order valence-corrected chi connectivity index (χ0v) is 11.1. The lowest BCUT2D eigenvalue weighted by molar-refractivity contribution is -0.123. The fourth-order valence-corrected chi connectivity index (χ4v) is 1.73. The van der Waals surface area contributed by atoms with Crippen molar-refractivity contribution in [3.8, 4) is 5.75 Å². The van der Waals surface area contributed by atoms with E-state index in [0.29, 0.717) is 17.9 Å². The summed E-state index contributed by atoms with van der Waals surface area (Å²) in [5, 5.41) is 2.74. The van der Waals surface area contributed by atoms with Gasteiger partial charge in [-0.1, -0.05) is 6.92 Å². The van der Waals surface area contributed by atoms with Crippen LogP contribution in [-0.2, 0) is 4.79 Å². The van der Waals surface area contributed by atoms with Gasteiger partial charge in [-0.25, -0.2) is 0 Å².